The van der Waals surface area contributed by atoms with E-state index in [0.717, 1.165) is 6.42 Å². The summed E-state index contributed by atoms with van der Waals surface area (Å²) in [4.78, 5) is 34.9. The first-order chi connectivity index (χ1) is 8.45. The highest BCUT2D eigenvalue weighted by Crippen LogP contribution is 2.25. The van der Waals surface area contributed by atoms with Crippen LogP contribution in [0.4, 0.5) is 4.79 Å². The molecule has 0 spiro atoms. The van der Waals surface area contributed by atoms with Crippen molar-refractivity contribution < 1.29 is 19.5 Å². The fourth-order valence-electron chi connectivity index (χ4n) is 2.19. The third-order valence-electron chi connectivity index (χ3n) is 3.16. The van der Waals surface area contributed by atoms with Crippen molar-refractivity contribution in [1.29, 1.82) is 0 Å². The van der Waals surface area contributed by atoms with Crippen molar-refractivity contribution in [2.75, 3.05) is 13.1 Å². The Hall–Kier alpha value is -1.79. The van der Waals surface area contributed by atoms with Crippen LogP contribution in [0.3, 0.4) is 0 Å². The Morgan fingerprint density at radius 1 is 1.39 bits per heavy atom. The van der Waals surface area contributed by atoms with Crippen molar-refractivity contribution in [3.05, 3.63) is 0 Å². The van der Waals surface area contributed by atoms with Gasteiger partial charge in [0.05, 0.1) is 5.92 Å². The summed E-state index contributed by atoms with van der Waals surface area (Å²) in [5.74, 6) is -2.02. The van der Waals surface area contributed by atoms with Crippen LogP contribution in [-0.4, -0.2) is 47.0 Å². The molecule has 1 rings (SSSR count). The molecule has 102 valence electrons. The molecule has 7 nitrogen and oxygen atoms in total. The summed E-state index contributed by atoms with van der Waals surface area (Å²) in [6.07, 6.45) is 2.00. The van der Waals surface area contributed by atoms with Crippen LogP contribution in [0, 0.1) is 5.92 Å². The van der Waals surface area contributed by atoms with E-state index < -0.39 is 23.8 Å². The quantitative estimate of drug-likeness (QED) is 0.630. The van der Waals surface area contributed by atoms with Crippen molar-refractivity contribution in [1.82, 2.24) is 10.2 Å². The molecule has 0 aliphatic heterocycles. The van der Waals surface area contributed by atoms with Crippen molar-refractivity contribution >= 4 is 17.9 Å². The summed E-state index contributed by atoms with van der Waals surface area (Å²) < 4.78 is 0. The summed E-state index contributed by atoms with van der Waals surface area (Å²) in [5, 5.41) is 11.7. The zero-order valence-electron chi connectivity index (χ0n) is 10.4. The molecule has 2 unspecified atom stereocenters. The van der Waals surface area contributed by atoms with Crippen molar-refractivity contribution in [3.63, 3.8) is 0 Å². The van der Waals surface area contributed by atoms with Crippen molar-refractivity contribution in [3.8, 4) is 0 Å². The van der Waals surface area contributed by atoms with E-state index in [4.69, 9.17) is 10.8 Å². The molecule has 1 aliphatic carbocycles. The average molecular weight is 257 g/mol. The predicted octanol–water partition coefficient (Wildman–Crippen LogP) is -0.243. The smallest absolute Gasteiger partial charge is 0.318 e. The highest BCUT2D eigenvalue weighted by atomic mass is 16.4. The van der Waals surface area contributed by atoms with Gasteiger partial charge in [-0.05, 0) is 19.8 Å². The van der Waals surface area contributed by atoms with Crippen LogP contribution in [0.5, 0.6) is 0 Å². The second kappa shape index (κ2) is 6.23. The molecule has 1 fully saturated rings. The Balaban J connectivity index is 2.57. The van der Waals surface area contributed by atoms with Crippen LogP contribution < -0.4 is 11.1 Å². The number of rotatable bonds is 5. The number of amides is 3. The van der Waals surface area contributed by atoms with Crippen LogP contribution in [0.1, 0.15) is 26.2 Å². The van der Waals surface area contributed by atoms with Crippen molar-refractivity contribution in [2.24, 2.45) is 11.7 Å². The number of urea groups is 1. The Morgan fingerprint density at radius 2 is 2.06 bits per heavy atom. The number of hydrogen-bond donors (Lipinski definition) is 3. The van der Waals surface area contributed by atoms with Gasteiger partial charge in [-0.3, -0.25) is 9.59 Å². The van der Waals surface area contributed by atoms with E-state index in [1.54, 1.807) is 6.92 Å². The predicted molar refractivity (Wildman–Crippen MR) is 63.7 cm³/mol. The van der Waals surface area contributed by atoms with Gasteiger partial charge < -0.3 is 21.1 Å². The SMILES string of the molecule is CCN(CC(N)=O)C(=O)NC1CCCC1C(=O)O. The lowest BCUT2D eigenvalue weighted by molar-refractivity contribution is -0.142. The molecular formula is C11H19N3O4. The fourth-order valence-corrected chi connectivity index (χ4v) is 2.19. The lowest BCUT2D eigenvalue weighted by Gasteiger charge is -2.24. The molecule has 1 aliphatic rings. The lowest BCUT2D eigenvalue weighted by atomic mass is 10.0. The van der Waals surface area contributed by atoms with Gasteiger partial charge in [0.1, 0.15) is 6.54 Å². The normalized spacial score (nSPS) is 22.5. The van der Waals surface area contributed by atoms with Crippen LogP contribution in [-0.2, 0) is 9.59 Å². The molecule has 0 aromatic carbocycles. The summed E-state index contributed by atoms with van der Waals surface area (Å²) >= 11 is 0. The topological polar surface area (TPSA) is 113 Å². The first kappa shape index (κ1) is 14.3. The maximum atomic E-state index is 11.8. The van der Waals surface area contributed by atoms with Crippen LogP contribution in [0.2, 0.25) is 0 Å². The highest BCUT2D eigenvalue weighted by molar-refractivity contribution is 5.83. The zero-order chi connectivity index (χ0) is 13.7. The van der Waals surface area contributed by atoms with Gasteiger partial charge >= 0.3 is 12.0 Å². The summed E-state index contributed by atoms with van der Waals surface area (Å²) in [5.41, 5.74) is 5.04. The number of nitrogens with one attached hydrogen (secondary N) is 1. The van der Waals surface area contributed by atoms with E-state index in [1.165, 1.54) is 4.90 Å². The monoisotopic (exact) mass is 257 g/mol. The number of primary amides is 1. The Labute approximate surface area is 105 Å². The fraction of sp³-hybridized carbons (Fsp3) is 0.727. The molecule has 0 aromatic heterocycles. The summed E-state index contributed by atoms with van der Waals surface area (Å²) in [7, 11) is 0. The highest BCUT2D eigenvalue weighted by Gasteiger charge is 2.34. The minimum atomic E-state index is -0.893. The van der Waals surface area contributed by atoms with E-state index in [0.29, 0.717) is 19.4 Å². The number of carboxylic acids is 1. The Morgan fingerprint density at radius 3 is 2.56 bits per heavy atom. The van der Waals surface area contributed by atoms with E-state index >= 15 is 0 Å². The number of hydrogen-bond acceptors (Lipinski definition) is 3. The molecule has 2 atom stereocenters. The van der Waals surface area contributed by atoms with Gasteiger partial charge in [-0.2, -0.15) is 0 Å². The zero-order valence-corrected chi connectivity index (χ0v) is 10.4. The minimum Gasteiger partial charge on any atom is -0.481 e. The van der Waals surface area contributed by atoms with Gasteiger partial charge in [0, 0.05) is 12.6 Å². The first-order valence-corrected chi connectivity index (χ1v) is 6.02. The molecule has 0 saturated heterocycles. The molecule has 3 amide bonds. The van der Waals surface area contributed by atoms with E-state index in [9.17, 15) is 14.4 Å². The number of nitrogens with zero attached hydrogens (tertiary/aromatic N) is 1. The molecule has 0 bridgehead atoms. The average Bonchev–Trinajstić information content (AvgIpc) is 2.73. The summed E-state index contributed by atoms with van der Waals surface area (Å²) in [6, 6.07) is -0.800. The van der Waals surface area contributed by atoms with Gasteiger partial charge in [-0.1, -0.05) is 6.42 Å². The molecule has 7 heteroatoms. The second-order valence-corrected chi connectivity index (χ2v) is 4.41. The van der Waals surface area contributed by atoms with Crippen LogP contribution in [0.15, 0.2) is 0 Å². The molecule has 1 saturated carbocycles. The third-order valence-corrected chi connectivity index (χ3v) is 3.16. The Bertz CT molecular complexity index is 345. The number of carbonyl (C=O) groups excluding carboxylic acids is 2. The molecule has 18 heavy (non-hydrogen) atoms. The second-order valence-electron chi connectivity index (χ2n) is 4.41. The molecule has 0 heterocycles. The van der Waals surface area contributed by atoms with E-state index in [1.807, 2.05) is 0 Å². The van der Waals surface area contributed by atoms with Gasteiger partial charge in [-0.15, -0.1) is 0 Å². The lowest BCUT2D eigenvalue weighted by Crippen LogP contribution is -2.49. The van der Waals surface area contributed by atoms with Crippen molar-refractivity contribution in [2.45, 2.75) is 32.2 Å². The van der Waals surface area contributed by atoms with Gasteiger partial charge in [-0.25, -0.2) is 4.79 Å². The van der Waals surface area contributed by atoms with Crippen LogP contribution >= 0.6 is 0 Å². The number of carboxylic acid groups (broad SMARTS) is 1. The number of aliphatic carboxylic acids is 1. The maximum Gasteiger partial charge on any atom is 0.318 e. The first-order valence-electron chi connectivity index (χ1n) is 6.02. The summed E-state index contributed by atoms with van der Waals surface area (Å²) in [6.45, 7) is 1.91. The number of likely N-dealkylation sites (N-methyl/N-ethyl adjacent to an activating group) is 1. The van der Waals surface area contributed by atoms with Crippen LogP contribution in [0.25, 0.3) is 0 Å². The van der Waals surface area contributed by atoms with E-state index in [2.05, 4.69) is 5.32 Å². The third kappa shape index (κ3) is 3.61. The van der Waals surface area contributed by atoms with Gasteiger partial charge in [0.15, 0.2) is 0 Å². The largest absolute Gasteiger partial charge is 0.481 e. The molecule has 0 radical (unpaired) electrons. The Kier molecular flexibility index (Phi) is 4.94. The van der Waals surface area contributed by atoms with Gasteiger partial charge in [0.25, 0.3) is 0 Å². The maximum absolute atomic E-state index is 11.8. The standard InChI is InChI=1S/C11H19N3O4/c1-2-14(6-9(12)15)11(18)13-8-5-3-4-7(8)10(16)17/h7-8H,2-6H2,1H3,(H2,12,15)(H,13,18)(H,16,17). The molecule has 4 N–H and O–H groups in total. The van der Waals surface area contributed by atoms with Gasteiger partial charge in [0.2, 0.25) is 5.91 Å². The minimum absolute atomic E-state index is 0.160. The molecule has 0 aromatic rings. The molecular weight excluding hydrogens is 238 g/mol. The van der Waals surface area contributed by atoms with E-state index in [-0.39, 0.29) is 12.6 Å². The number of carbonyl (C=O) groups is 3. The number of nitrogens with two attached hydrogens (primary N) is 1.